The van der Waals surface area contributed by atoms with Gasteiger partial charge in [-0.05, 0) is 181 Å². The highest BCUT2D eigenvalue weighted by atomic mass is 15.1. The Kier molecular flexibility index (Phi) is 6.18. The van der Waals surface area contributed by atoms with E-state index in [2.05, 4.69) is 210 Å². The van der Waals surface area contributed by atoms with Crippen LogP contribution in [0.2, 0.25) is 0 Å². The van der Waals surface area contributed by atoms with E-state index < -0.39 is 0 Å². The minimum absolute atomic E-state index is 1.10. The minimum Gasteiger partial charge on any atom is -0.355 e. The first-order valence-electron chi connectivity index (χ1n) is 21.6. The van der Waals surface area contributed by atoms with Crippen LogP contribution in [0.3, 0.4) is 0 Å². The monoisotopic (exact) mass is 782 g/mol. The molecule has 0 aromatic heterocycles. The van der Waals surface area contributed by atoms with E-state index in [0.29, 0.717) is 0 Å². The molecule has 0 radical (unpaired) electrons. The van der Waals surface area contributed by atoms with Crippen molar-refractivity contribution in [1.29, 1.82) is 0 Å². The summed E-state index contributed by atoms with van der Waals surface area (Å²) in [6.07, 6.45) is 0. The molecule has 0 spiro atoms. The summed E-state index contributed by atoms with van der Waals surface area (Å²) >= 11 is 0. The Morgan fingerprint density at radius 3 is 1.08 bits per heavy atom. The van der Waals surface area contributed by atoms with E-state index in [4.69, 9.17) is 0 Å². The van der Waals surface area contributed by atoms with Gasteiger partial charge in [-0.25, -0.2) is 0 Å². The first-order chi connectivity index (χ1) is 30.8. The molecule has 0 aliphatic rings. The molecule has 0 atom stereocenters. The summed E-state index contributed by atoms with van der Waals surface area (Å²) in [7, 11) is 0. The van der Waals surface area contributed by atoms with Crippen LogP contribution >= 0.6 is 0 Å². The molecule has 15 aromatic carbocycles. The summed E-state index contributed by atoms with van der Waals surface area (Å²) in [5.41, 5.74) is 5.72. The molecule has 0 bridgehead atoms. The van der Waals surface area contributed by atoms with Gasteiger partial charge in [0.2, 0.25) is 0 Å². The van der Waals surface area contributed by atoms with E-state index in [9.17, 15) is 0 Å². The van der Waals surface area contributed by atoms with Gasteiger partial charge in [-0.2, -0.15) is 0 Å². The number of hydrogen-bond acceptors (Lipinski definition) is 2. The van der Waals surface area contributed by atoms with Crippen LogP contribution < -0.4 is 10.2 Å². The molecule has 0 heterocycles. The third kappa shape index (κ3) is 4.14. The zero-order valence-electron chi connectivity index (χ0n) is 33.5. The third-order valence-corrected chi connectivity index (χ3v) is 14.2. The lowest BCUT2D eigenvalue weighted by atomic mass is 10.0. The van der Waals surface area contributed by atoms with Crippen molar-refractivity contribution in [2.75, 3.05) is 10.2 Å². The Labute approximate surface area is 355 Å². The van der Waals surface area contributed by atoms with Crippen LogP contribution in [0, 0.1) is 0 Å². The molecular formula is C60H34N2. The van der Waals surface area contributed by atoms with Gasteiger partial charge in [-0.3, -0.25) is 0 Å². The van der Waals surface area contributed by atoms with Crippen molar-refractivity contribution in [1.82, 2.24) is 0 Å². The Hall–Kier alpha value is -8.20. The molecule has 0 saturated heterocycles. The first kappa shape index (κ1) is 32.6. The second kappa shape index (κ2) is 11.8. The minimum atomic E-state index is 1.10. The molecule has 15 aromatic rings. The quantitative estimate of drug-likeness (QED) is 0.187. The Morgan fingerprint density at radius 2 is 0.597 bits per heavy atom. The molecule has 0 amide bonds. The lowest BCUT2D eigenvalue weighted by Gasteiger charge is -2.27. The molecule has 284 valence electrons. The standard InChI is InChI=1S/C60H34N2/c1-4-12-34(13-5-1)61-55-28-26-39-49-32-53-43-24-25-44-54-33-50-40-27-29-56(62(35-14-6-2-7-15-35)36-16-8-3-9-17-36)46-21-11-19-38(58(40)46)48(50)31-52(54)42-23-22-41(59(43)60(42)44)51(53)30-47(49)37-18-10-20-45(55)57(37)39/h1-33,61H. The second-order valence-corrected chi connectivity index (χ2v) is 17.2. The predicted molar refractivity (Wildman–Crippen MR) is 268 cm³/mol. The molecule has 1 N–H and O–H groups in total. The molecule has 62 heavy (non-hydrogen) atoms. The highest BCUT2D eigenvalue weighted by molar-refractivity contribution is 6.45. The van der Waals surface area contributed by atoms with Gasteiger partial charge in [-0.15, -0.1) is 0 Å². The molecule has 2 heteroatoms. The number of benzene rings is 11. The third-order valence-electron chi connectivity index (χ3n) is 14.2. The molecule has 15 rings (SSSR count). The largest absolute Gasteiger partial charge is 0.355 e. The summed E-state index contributed by atoms with van der Waals surface area (Å²) in [5, 5.41) is 32.9. The molecule has 0 unspecified atom stereocenters. The van der Waals surface area contributed by atoms with Gasteiger partial charge in [0.25, 0.3) is 0 Å². The van der Waals surface area contributed by atoms with Crippen molar-refractivity contribution in [3.63, 3.8) is 0 Å². The Balaban J connectivity index is 0.946. The van der Waals surface area contributed by atoms with Crippen LogP contribution in [0.1, 0.15) is 0 Å². The van der Waals surface area contributed by atoms with E-state index in [-0.39, 0.29) is 0 Å². The van der Waals surface area contributed by atoms with E-state index in [1.165, 1.54) is 124 Å². The van der Waals surface area contributed by atoms with Gasteiger partial charge < -0.3 is 10.2 Å². The van der Waals surface area contributed by atoms with Crippen LogP contribution in [0.5, 0.6) is 0 Å². The number of hydrogen-bond donors (Lipinski definition) is 1. The van der Waals surface area contributed by atoms with E-state index >= 15 is 0 Å². The molecular weight excluding hydrogens is 749 g/mol. The van der Waals surface area contributed by atoms with Crippen molar-refractivity contribution in [2.45, 2.75) is 0 Å². The van der Waals surface area contributed by atoms with Crippen LogP contribution in [0.25, 0.3) is 118 Å². The number of rotatable bonds is 5. The van der Waals surface area contributed by atoms with Gasteiger partial charge in [0, 0.05) is 33.5 Å². The number of para-hydroxylation sites is 3. The fourth-order valence-electron chi connectivity index (χ4n) is 11.6. The molecule has 0 aliphatic carbocycles. The van der Waals surface area contributed by atoms with Gasteiger partial charge in [-0.1, -0.05) is 127 Å². The van der Waals surface area contributed by atoms with Crippen LogP contribution in [-0.4, -0.2) is 0 Å². The van der Waals surface area contributed by atoms with E-state index in [0.717, 1.165) is 22.7 Å². The van der Waals surface area contributed by atoms with Crippen molar-refractivity contribution in [2.24, 2.45) is 0 Å². The van der Waals surface area contributed by atoms with Crippen molar-refractivity contribution in [3.8, 4) is 0 Å². The van der Waals surface area contributed by atoms with Crippen LogP contribution in [0.4, 0.5) is 28.4 Å². The Bertz CT molecular complexity index is 4090. The molecule has 0 saturated carbocycles. The Morgan fingerprint density at radius 1 is 0.242 bits per heavy atom. The lowest BCUT2D eigenvalue weighted by Crippen LogP contribution is -2.10. The van der Waals surface area contributed by atoms with Gasteiger partial charge in [0.15, 0.2) is 0 Å². The van der Waals surface area contributed by atoms with E-state index in [1.807, 2.05) is 0 Å². The number of anilines is 5. The van der Waals surface area contributed by atoms with Crippen LogP contribution in [-0.2, 0) is 0 Å². The van der Waals surface area contributed by atoms with Crippen LogP contribution in [0.15, 0.2) is 200 Å². The summed E-state index contributed by atoms with van der Waals surface area (Å²) in [4.78, 5) is 2.39. The summed E-state index contributed by atoms with van der Waals surface area (Å²) in [6.45, 7) is 0. The lowest BCUT2D eigenvalue weighted by molar-refractivity contribution is 1.30. The average Bonchev–Trinajstić information content (AvgIpc) is 4.03. The average molecular weight is 783 g/mol. The topological polar surface area (TPSA) is 15.3 Å². The molecule has 0 aliphatic heterocycles. The van der Waals surface area contributed by atoms with Crippen molar-refractivity contribution >= 4 is 147 Å². The summed E-state index contributed by atoms with van der Waals surface area (Å²) < 4.78 is 0. The van der Waals surface area contributed by atoms with Gasteiger partial charge >= 0.3 is 0 Å². The van der Waals surface area contributed by atoms with E-state index in [1.54, 1.807) is 0 Å². The summed E-state index contributed by atoms with van der Waals surface area (Å²) in [6, 6.07) is 74.4. The normalized spacial score (nSPS) is 12.5. The highest BCUT2D eigenvalue weighted by Crippen LogP contribution is 2.52. The maximum atomic E-state index is 3.69. The number of fused-ring (bicyclic) bond motifs is 12. The maximum Gasteiger partial charge on any atom is 0.0540 e. The van der Waals surface area contributed by atoms with Crippen molar-refractivity contribution < 1.29 is 0 Å². The number of nitrogens with zero attached hydrogens (tertiary/aromatic N) is 1. The van der Waals surface area contributed by atoms with Crippen molar-refractivity contribution in [3.05, 3.63) is 200 Å². The second-order valence-electron chi connectivity index (χ2n) is 17.2. The fourth-order valence-corrected chi connectivity index (χ4v) is 11.6. The number of nitrogens with one attached hydrogen (secondary N) is 1. The molecule has 0 fully saturated rings. The van der Waals surface area contributed by atoms with Gasteiger partial charge in [0.1, 0.15) is 0 Å². The molecule has 2 nitrogen and oxygen atoms in total. The highest BCUT2D eigenvalue weighted by Gasteiger charge is 2.24. The maximum absolute atomic E-state index is 3.69. The first-order valence-corrected chi connectivity index (χ1v) is 21.6. The predicted octanol–water partition coefficient (Wildman–Crippen LogP) is 17.3. The summed E-state index contributed by atoms with van der Waals surface area (Å²) in [5.74, 6) is 0. The van der Waals surface area contributed by atoms with Gasteiger partial charge in [0.05, 0.1) is 5.69 Å². The smallest absolute Gasteiger partial charge is 0.0540 e. The fraction of sp³-hybridized carbons (Fsp3) is 0. The zero-order chi connectivity index (χ0) is 40.2. The SMILES string of the molecule is c1ccc(Nc2ccc3c4cc5c(cc4c4cccc2c43)c2ccc3c4cc6c(cc4c4ccc5c2c34)c2ccc(N(c3ccccc3)c3ccccc3)c3cccc6c32)cc1. The zero-order valence-corrected chi connectivity index (χ0v) is 33.5.